The second kappa shape index (κ2) is 18.0. The Labute approximate surface area is 276 Å². The number of ketones is 1. The molecule has 1 N–H and O–H groups in total. The van der Waals surface area contributed by atoms with E-state index < -0.39 is 7.92 Å². The molecule has 0 bridgehead atoms. The van der Waals surface area contributed by atoms with Crippen LogP contribution in [-0.2, 0) is 27.5 Å². The zero-order chi connectivity index (χ0) is 34.7. The first-order valence-electron chi connectivity index (χ1n) is 16.2. The molecule has 7 heteroatoms. The summed E-state index contributed by atoms with van der Waals surface area (Å²) in [7, 11) is -1.98. The first-order valence-corrected chi connectivity index (χ1v) is 17.6. The van der Waals surface area contributed by atoms with Crippen molar-refractivity contribution in [2.24, 2.45) is 5.92 Å². The number of ether oxygens (including phenoxy) is 1. The van der Waals surface area contributed by atoms with E-state index in [2.05, 4.69) is 0 Å². The zero-order valence-electron chi connectivity index (χ0n) is 29.3. The quantitative estimate of drug-likeness (QED) is 0.107. The summed E-state index contributed by atoms with van der Waals surface area (Å²) in [6.45, 7) is 18.8. The number of unbranched alkanes of at least 4 members (excludes halogenated alkanes) is 1. The van der Waals surface area contributed by atoms with Gasteiger partial charge in [-0.2, -0.15) is 0 Å². The number of rotatable bonds is 14. The summed E-state index contributed by atoms with van der Waals surface area (Å²) in [4.78, 5) is 53.4. The summed E-state index contributed by atoms with van der Waals surface area (Å²) in [5.74, 6) is -0.162. The SMILES string of the molecule is CC.Cc1cc(C)c(C(=O)P(C(=O)c2c(C)cc(C)c(COC(=O)CCCCC(=O)C(C)C)c2C)c2ccccc2)c(C)c1CO. The van der Waals surface area contributed by atoms with Gasteiger partial charge in [0, 0.05) is 29.9 Å². The molecule has 0 heterocycles. The average Bonchev–Trinajstić information content (AvgIpc) is 3.00. The maximum atomic E-state index is 14.5. The number of aliphatic hydroxyl groups excluding tert-OH is 1. The van der Waals surface area contributed by atoms with Crippen LogP contribution in [0.25, 0.3) is 0 Å². The molecule has 1 atom stereocenters. The van der Waals surface area contributed by atoms with Crippen LogP contribution in [0.2, 0.25) is 0 Å². The van der Waals surface area contributed by atoms with Crippen molar-refractivity contribution in [1.29, 1.82) is 0 Å². The fourth-order valence-corrected chi connectivity index (χ4v) is 8.04. The molecule has 0 fully saturated rings. The summed E-state index contributed by atoms with van der Waals surface area (Å²) in [5, 5.41) is 10.7. The van der Waals surface area contributed by atoms with E-state index >= 15 is 0 Å². The van der Waals surface area contributed by atoms with Crippen LogP contribution in [-0.4, -0.2) is 27.9 Å². The van der Waals surface area contributed by atoms with Gasteiger partial charge in [0.05, 0.1) is 14.5 Å². The number of Topliss-reactive ketones (excluding diaryl/α,β-unsaturated/α-hetero) is 1. The van der Waals surface area contributed by atoms with E-state index in [0.29, 0.717) is 52.4 Å². The zero-order valence-corrected chi connectivity index (χ0v) is 30.2. The summed E-state index contributed by atoms with van der Waals surface area (Å²) < 4.78 is 5.63. The first-order chi connectivity index (χ1) is 21.8. The molecule has 3 aromatic carbocycles. The minimum Gasteiger partial charge on any atom is -0.461 e. The maximum absolute atomic E-state index is 14.5. The molecule has 1 unspecified atom stereocenters. The van der Waals surface area contributed by atoms with Crippen LogP contribution in [0, 0.1) is 47.5 Å². The lowest BCUT2D eigenvalue weighted by molar-refractivity contribution is -0.145. The summed E-state index contributed by atoms with van der Waals surface area (Å²) >= 11 is 0. The van der Waals surface area contributed by atoms with Crippen molar-refractivity contribution in [2.75, 3.05) is 0 Å². The Hall–Kier alpha value is -3.47. The van der Waals surface area contributed by atoms with E-state index in [-0.39, 0.29) is 48.4 Å². The molecular formula is C39H51O6P. The van der Waals surface area contributed by atoms with Gasteiger partial charge < -0.3 is 9.84 Å². The number of aliphatic hydroxyl groups is 1. The molecule has 0 aliphatic heterocycles. The van der Waals surface area contributed by atoms with Gasteiger partial charge in [-0.05, 0) is 104 Å². The van der Waals surface area contributed by atoms with Crippen LogP contribution in [0.5, 0.6) is 0 Å². The van der Waals surface area contributed by atoms with Crippen molar-refractivity contribution in [3.05, 3.63) is 98.1 Å². The van der Waals surface area contributed by atoms with Crippen LogP contribution in [0.15, 0.2) is 42.5 Å². The Balaban J connectivity index is 0.00000361. The van der Waals surface area contributed by atoms with Crippen molar-refractivity contribution < 1.29 is 29.0 Å². The van der Waals surface area contributed by atoms with E-state index in [1.165, 1.54) is 0 Å². The molecule has 0 radical (unpaired) electrons. The van der Waals surface area contributed by atoms with Gasteiger partial charge in [0.1, 0.15) is 12.4 Å². The maximum Gasteiger partial charge on any atom is 0.306 e. The van der Waals surface area contributed by atoms with Gasteiger partial charge in [0.2, 0.25) is 0 Å². The lowest BCUT2D eigenvalue weighted by Gasteiger charge is -2.23. The van der Waals surface area contributed by atoms with E-state index in [0.717, 1.165) is 27.8 Å². The molecule has 46 heavy (non-hydrogen) atoms. The third-order valence-corrected chi connectivity index (χ3v) is 10.4. The van der Waals surface area contributed by atoms with Gasteiger partial charge >= 0.3 is 5.97 Å². The Bertz CT molecular complexity index is 1550. The molecule has 248 valence electrons. The summed E-state index contributed by atoms with van der Waals surface area (Å²) in [6, 6.07) is 13.0. The second-order valence-corrected chi connectivity index (χ2v) is 13.9. The Morgan fingerprint density at radius 2 is 1.20 bits per heavy atom. The van der Waals surface area contributed by atoms with Crippen molar-refractivity contribution in [1.82, 2.24) is 0 Å². The first kappa shape index (κ1) is 38.7. The molecule has 0 saturated carbocycles. The lowest BCUT2D eigenvalue weighted by Crippen LogP contribution is -2.20. The Morgan fingerprint density at radius 1 is 0.717 bits per heavy atom. The number of hydrogen-bond acceptors (Lipinski definition) is 6. The van der Waals surface area contributed by atoms with Crippen LogP contribution < -0.4 is 5.30 Å². The van der Waals surface area contributed by atoms with Gasteiger partial charge in [0.15, 0.2) is 11.0 Å². The fourth-order valence-electron chi connectivity index (χ4n) is 5.79. The van der Waals surface area contributed by atoms with Crippen LogP contribution in [0.1, 0.15) is 119 Å². The predicted molar refractivity (Wildman–Crippen MR) is 188 cm³/mol. The summed E-state index contributed by atoms with van der Waals surface area (Å²) in [5.41, 5.74) is 6.66. The van der Waals surface area contributed by atoms with E-state index in [4.69, 9.17) is 4.74 Å². The van der Waals surface area contributed by atoms with Gasteiger partial charge in [-0.1, -0.05) is 70.2 Å². The highest BCUT2D eigenvalue weighted by atomic mass is 31.1. The molecule has 3 rings (SSSR count). The standard InChI is InChI=1S/C37H45O6P.C2H6/c1-22(2)32(39)16-12-13-17-33(40)43-21-31-24(4)19-26(6)35(28(31)8)37(42)44(29-14-10-9-11-15-29)36(41)34-25(5)18-23(3)30(20-38)27(34)7;1-2/h9-11,14-15,18-19,22,38H,12-13,16-17,20-21H2,1-8H3;1-2H3. The number of benzene rings is 3. The molecule has 0 saturated heterocycles. The molecule has 0 aliphatic carbocycles. The third kappa shape index (κ3) is 9.30. The highest BCUT2D eigenvalue weighted by molar-refractivity contribution is 7.96. The van der Waals surface area contributed by atoms with Gasteiger partial charge in [-0.3, -0.25) is 19.2 Å². The molecule has 0 aromatic heterocycles. The molecule has 0 spiro atoms. The molecule has 0 amide bonds. The number of hydrogen-bond donors (Lipinski definition) is 1. The number of esters is 1. The second-order valence-electron chi connectivity index (χ2n) is 11.9. The van der Waals surface area contributed by atoms with Gasteiger partial charge in [0.25, 0.3) is 0 Å². The van der Waals surface area contributed by atoms with Crippen molar-refractivity contribution in [3.8, 4) is 0 Å². The molecular weight excluding hydrogens is 595 g/mol. The molecule has 0 aliphatic rings. The molecule has 6 nitrogen and oxygen atoms in total. The van der Waals surface area contributed by atoms with Crippen molar-refractivity contribution in [2.45, 2.75) is 108 Å². The predicted octanol–water partition coefficient (Wildman–Crippen LogP) is 8.67. The number of carbonyl (C=O) groups is 4. The average molecular weight is 647 g/mol. The lowest BCUT2D eigenvalue weighted by atomic mass is 9.94. The highest BCUT2D eigenvalue weighted by Gasteiger charge is 2.34. The van der Waals surface area contributed by atoms with Crippen LogP contribution in [0.4, 0.5) is 0 Å². The smallest absolute Gasteiger partial charge is 0.306 e. The third-order valence-electron chi connectivity index (χ3n) is 8.34. The Kier molecular flexibility index (Phi) is 15.2. The molecule has 3 aromatic rings. The van der Waals surface area contributed by atoms with Crippen molar-refractivity contribution >= 4 is 36.0 Å². The van der Waals surface area contributed by atoms with Crippen LogP contribution >= 0.6 is 7.92 Å². The van der Waals surface area contributed by atoms with E-state index in [1.807, 2.05) is 112 Å². The topological polar surface area (TPSA) is 97.7 Å². The normalized spacial score (nSPS) is 11.5. The highest BCUT2D eigenvalue weighted by Crippen LogP contribution is 2.46. The minimum atomic E-state index is -1.98. The monoisotopic (exact) mass is 646 g/mol. The summed E-state index contributed by atoms with van der Waals surface area (Å²) in [6.07, 6.45) is 1.90. The largest absolute Gasteiger partial charge is 0.461 e. The van der Waals surface area contributed by atoms with Gasteiger partial charge in [-0.25, -0.2) is 0 Å². The Morgan fingerprint density at radius 3 is 1.70 bits per heavy atom. The van der Waals surface area contributed by atoms with E-state index in [9.17, 15) is 24.3 Å². The van der Waals surface area contributed by atoms with Crippen molar-refractivity contribution in [3.63, 3.8) is 0 Å². The van der Waals surface area contributed by atoms with Crippen LogP contribution in [0.3, 0.4) is 0 Å². The number of aryl methyl sites for hydroxylation is 4. The number of carbonyl (C=O) groups excluding carboxylic acids is 4. The fraction of sp³-hybridized carbons (Fsp3) is 0.436. The van der Waals surface area contributed by atoms with Gasteiger partial charge in [-0.15, -0.1) is 0 Å². The minimum absolute atomic E-state index is 0.00694. The van der Waals surface area contributed by atoms with E-state index in [1.54, 1.807) is 0 Å².